The first-order valence-electron chi connectivity index (χ1n) is 11.9. The molecule has 2 fully saturated rings. The summed E-state index contributed by atoms with van der Waals surface area (Å²) in [6.45, 7) is 5.13. The Morgan fingerprint density at radius 2 is 1.97 bits per heavy atom. The predicted octanol–water partition coefficient (Wildman–Crippen LogP) is 2.38. The number of methoxy groups -OCH3 is 1. The third-order valence-corrected chi connectivity index (χ3v) is 7.75. The highest BCUT2D eigenvalue weighted by Gasteiger charge is 2.62. The molecule has 0 radical (unpaired) electrons. The molecule has 1 aromatic rings. The monoisotopic (exact) mass is 487 g/mol. The molecule has 3 aliphatic rings. The molecule has 1 aliphatic heterocycles. The Kier molecular flexibility index (Phi) is 7.30. The number of ketones is 1. The lowest BCUT2D eigenvalue weighted by molar-refractivity contribution is -0.150. The van der Waals surface area contributed by atoms with E-state index in [2.05, 4.69) is 4.98 Å². The number of aromatic amines is 1. The number of H-pyrrole nitrogens is 1. The number of allylic oxidation sites excluding steroid dienone is 1. The molecule has 0 spiro atoms. The first kappa shape index (κ1) is 25.3. The summed E-state index contributed by atoms with van der Waals surface area (Å²) >= 11 is 0. The number of aromatic nitrogens is 1. The Bertz CT molecular complexity index is 1010. The van der Waals surface area contributed by atoms with Crippen molar-refractivity contribution in [2.45, 2.75) is 57.7 Å². The minimum atomic E-state index is -1.06. The Balaban J connectivity index is 1.67. The van der Waals surface area contributed by atoms with E-state index in [1.165, 1.54) is 14.0 Å². The highest BCUT2D eigenvalue weighted by Crippen LogP contribution is 2.54. The van der Waals surface area contributed by atoms with Gasteiger partial charge in [-0.2, -0.15) is 0 Å². The van der Waals surface area contributed by atoms with Crippen molar-refractivity contribution >= 4 is 17.7 Å². The zero-order valence-electron chi connectivity index (χ0n) is 20.3. The van der Waals surface area contributed by atoms with Crippen LogP contribution in [0.1, 0.15) is 37.7 Å². The lowest BCUT2D eigenvalue weighted by Crippen LogP contribution is -2.54. The fourth-order valence-corrected chi connectivity index (χ4v) is 5.86. The van der Waals surface area contributed by atoms with Gasteiger partial charge in [-0.25, -0.2) is 9.59 Å². The number of ether oxygens (including phenoxy) is 3. The van der Waals surface area contributed by atoms with Gasteiger partial charge < -0.3 is 29.4 Å². The zero-order valence-corrected chi connectivity index (χ0v) is 20.3. The van der Waals surface area contributed by atoms with Crippen LogP contribution in [-0.2, 0) is 23.8 Å². The second-order valence-corrected chi connectivity index (χ2v) is 9.85. The van der Waals surface area contributed by atoms with Crippen molar-refractivity contribution in [3.05, 3.63) is 47.8 Å². The van der Waals surface area contributed by atoms with Crippen LogP contribution in [0.15, 0.2) is 42.1 Å². The molecule has 0 aromatic carbocycles. The highest BCUT2D eigenvalue weighted by atomic mass is 16.6. The van der Waals surface area contributed by atoms with E-state index in [0.29, 0.717) is 0 Å². The number of carbonyl (C=O) groups is 3. The number of rotatable bonds is 9. The Morgan fingerprint density at radius 1 is 1.23 bits per heavy atom. The minimum Gasteiger partial charge on any atom is -0.479 e. The van der Waals surface area contributed by atoms with Crippen molar-refractivity contribution in [3.63, 3.8) is 0 Å². The fraction of sp³-hybridized carbons (Fsp3) is 0.577. The van der Waals surface area contributed by atoms with Gasteiger partial charge in [0.2, 0.25) is 0 Å². The van der Waals surface area contributed by atoms with Crippen LogP contribution in [-0.4, -0.2) is 70.5 Å². The summed E-state index contributed by atoms with van der Waals surface area (Å²) in [5, 5.41) is 21.1. The smallest absolute Gasteiger partial charge is 0.355 e. The average molecular weight is 488 g/mol. The number of aliphatic hydroxyl groups excluding tert-OH is 1. The number of esters is 1. The van der Waals surface area contributed by atoms with Crippen molar-refractivity contribution < 1.29 is 38.8 Å². The van der Waals surface area contributed by atoms with Gasteiger partial charge in [0.25, 0.3) is 0 Å². The normalized spacial score (nSPS) is 35.4. The van der Waals surface area contributed by atoms with E-state index in [4.69, 9.17) is 14.2 Å². The number of hydrogen-bond donors (Lipinski definition) is 3. The van der Waals surface area contributed by atoms with E-state index in [1.54, 1.807) is 25.3 Å². The summed E-state index contributed by atoms with van der Waals surface area (Å²) in [5.74, 6) is -3.32. The minimum absolute atomic E-state index is 0.00653. The van der Waals surface area contributed by atoms with Gasteiger partial charge in [-0.3, -0.25) is 4.79 Å². The molecule has 9 nitrogen and oxygen atoms in total. The topological polar surface area (TPSA) is 135 Å². The van der Waals surface area contributed by atoms with Gasteiger partial charge in [0, 0.05) is 42.9 Å². The third-order valence-electron chi connectivity index (χ3n) is 7.75. The number of carbonyl (C=O) groups excluding carboxylic acids is 2. The molecule has 35 heavy (non-hydrogen) atoms. The van der Waals surface area contributed by atoms with Crippen LogP contribution in [0.3, 0.4) is 0 Å². The molecule has 2 aliphatic carbocycles. The van der Waals surface area contributed by atoms with Crippen LogP contribution in [0.2, 0.25) is 0 Å². The van der Waals surface area contributed by atoms with Crippen LogP contribution in [0.5, 0.6) is 0 Å². The number of carboxylic acids is 1. The Morgan fingerprint density at radius 3 is 2.57 bits per heavy atom. The van der Waals surface area contributed by atoms with Gasteiger partial charge in [-0.05, 0) is 32.4 Å². The van der Waals surface area contributed by atoms with Crippen molar-refractivity contribution in [1.82, 2.24) is 4.98 Å². The molecule has 10 unspecified atom stereocenters. The average Bonchev–Trinajstić information content (AvgIpc) is 3.40. The number of carboxylic acid groups (broad SMARTS) is 1. The van der Waals surface area contributed by atoms with Gasteiger partial charge in [-0.1, -0.05) is 30.7 Å². The number of nitrogens with one attached hydrogen (secondary N) is 1. The van der Waals surface area contributed by atoms with Gasteiger partial charge in [0.15, 0.2) is 6.10 Å². The summed E-state index contributed by atoms with van der Waals surface area (Å²) in [5.41, 5.74) is 1.04. The molecule has 4 rings (SSSR count). The molecular formula is C26H33NO8. The lowest BCUT2D eigenvalue weighted by Gasteiger charge is -2.44. The van der Waals surface area contributed by atoms with E-state index < -0.39 is 48.4 Å². The molecule has 0 amide bonds. The maximum Gasteiger partial charge on any atom is 0.355 e. The third kappa shape index (κ3) is 4.72. The SMILES string of the molecule is COC(CC1C=CC2C3OC1C2C(O)C(/C(C)=C/C(C)C(C)=O)C3OC(=O)c1ccc[nH]1)C(=O)O. The summed E-state index contributed by atoms with van der Waals surface area (Å²) in [6, 6.07) is 3.31. The maximum atomic E-state index is 12.9. The summed E-state index contributed by atoms with van der Waals surface area (Å²) in [6.07, 6.45) is 3.84. The molecule has 9 heteroatoms. The predicted molar refractivity (Wildman–Crippen MR) is 124 cm³/mol. The van der Waals surface area contributed by atoms with Crippen LogP contribution < -0.4 is 0 Å². The van der Waals surface area contributed by atoms with Crippen molar-refractivity contribution in [2.24, 2.45) is 29.6 Å². The first-order valence-corrected chi connectivity index (χ1v) is 11.9. The summed E-state index contributed by atoms with van der Waals surface area (Å²) < 4.78 is 17.5. The van der Waals surface area contributed by atoms with Gasteiger partial charge >= 0.3 is 11.9 Å². The maximum absolute atomic E-state index is 12.9. The Labute approximate surface area is 204 Å². The quantitative estimate of drug-likeness (QED) is 0.357. The molecule has 1 saturated heterocycles. The number of hydrogen-bond acceptors (Lipinski definition) is 7. The molecule has 190 valence electrons. The number of aliphatic hydroxyl groups is 1. The van der Waals surface area contributed by atoms with E-state index in [1.807, 2.05) is 25.2 Å². The first-order chi connectivity index (χ1) is 16.6. The lowest BCUT2D eigenvalue weighted by atomic mass is 9.63. The number of Topliss-reactive ketones (excluding diaryl/α,β-unsaturated/α-hetero) is 1. The van der Waals surface area contributed by atoms with Gasteiger partial charge in [-0.15, -0.1) is 0 Å². The molecule has 3 N–H and O–H groups in total. The van der Waals surface area contributed by atoms with E-state index in [9.17, 15) is 24.6 Å². The zero-order chi connectivity index (χ0) is 25.4. The van der Waals surface area contributed by atoms with E-state index in [-0.39, 0.29) is 41.6 Å². The van der Waals surface area contributed by atoms with Gasteiger partial charge in [0.05, 0.1) is 12.2 Å². The van der Waals surface area contributed by atoms with Gasteiger partial charge in [0.1, 0.15) is 23.7 Å². The fourth-order valence-electron chi connectivity index (χ4n) is 5.86. The largest absolute Gasteiger partial charge is 0.479 e. The number of aliphatic carboxylic acids is 1. The van der Waals surface area contributed by atoms with Crippen LogP contribution in [0, 0.1) is 29.6 Å². The molecule has 1 aromatic heterocycles. The van der Waals surface area contributed by atoms with Crippen molar-refractivity contribution in [2.75, 3.05) is 7.11 Å². The Hall–Kier alpha value is -2.75. The van der Waals surface area contributed by atoms with E-state index in [0.717, 1.165) is 5.57 Å². The van der Waals surface area contributed by atoms with Crippen LogP contribution >= 0.6 is 0 Å². The molecule has 10 atom stereocenters. The van der Waals surface area contributed by atoms with Crippen LogP contribution in [0.4, 0.5) is 0 Å². The van der Waals surface area contributed by atoms with Crippen molar-refractivity contribution in [3.8, 4) is 0 Å². The van der Waals surface area contributed by atoms with Crippen molar-refractivity contribution in [1.29, 1.82) is 0 Å². The second kappa shape index (κ2) is 10.1. The molecule has 2 heterocycles. The summed E-state index contributed by atoms with van der Waals surface area (Å²) in [4.78, 5) is 39.2. The molecule has 4 bridgehead atoms. The van der Waals surface area contributed by atoms with E-state index >= 15 is 0 Å². The standard InChI is InChI=1S/C26H33NO8/c1-12(14(3)28)10-13(2)19-21(29)20-16-8-7-15(11-18(33-4)25(30)31)22(20)34-23(16)24(19)35-26(32)17-6-5-9-27-17/h5-10,12,15-16,18-24,27,29H,11H2,1-4H3,(H,30,31)/b13-10+. The summed E-state index contributed by atoms with van der Waals surface area (Å²) in [7, 11) is 1.35. The molecular weight excluding hydrogens is 454 g/mol. The second-order valence-electron chi connectivity index (χ2n) is 9.85. The van der Waals surface area contributed by atoms with Crippen LogP contribution in [0.25, 0.3) is 0 Å². The molecule has 1 saturated carbocycles. The highest BCUT2D eigenvalue weighted by molar-refractivity contribution is 5.87.